The van der Waals surface area contributed by atoms with Crippen LogP contribution in [0.4, 0.5) is 5.00 Å². The third kappa shape index (κ3) is 3.40. The van der Waals surface area contributed by atoms with Crippen LogP contribution in [0.2, 0.25) is 4.34 Å². The highest BCUT2D eigenvalue weighted by Crippen LogP contribution is 2.29. The van der Waals surface area contributed by atoms with E-state index in [4.69, 9.17) is 16.9 Å². The zero-order valence-corrected chi connectivity index (χ0v) is 10.8. The fraction of sp³-hybridized carbons (Fsp3) is 0.545. The summed E-state index contributed by atoms with van der Waals surface area (Å²) in [6.45, 7) is 4.90. The lowest BCUT2D eigenvalue weighted by Crippen LogP contribution is -2.26. The second-order valence-electron chi connectivity index (χ2n) is 3.94. The van der Waals surface area contributed by atoms with Gasteiger partial charge in [-0.05, 0) is 18.1 Å². The Morgan fingerprint density at radius 3 is 2.60 bits per heavy atom. The lowest BCUT2D eigenvalue weighted by atomic mass is 9.97. The van der Waals surface area contributed by atoms with Crippen molar-refractivity contribution in [3.63, 3.8) is 0 Å². The molecule has 0 saturated heterocycles. The van der Waals surface area contributed by atoms with Gasteiger partial charge < -0.3 is 4.90 Å². The van der Waals surface area contributed by atoms with Crippen molar-refractivity contribution in [2.24, 2.45) is 11.8 Å². The summed E-state index contributed by atoms with van der Waals surface area (Å²) in [6, 6.07) is 6.21. The van der Waals surface area contributed by atoms with E-state index in [1.807, 2.05) is 19.2 Å². The molecule has 0 aliphatic rings. The zero-order chi connectivity index (χ0) is 11.4. The molecule has 2 nitrogen and oxygen atoms in total. The number of hydrogen-bond donors (Lipinski definition) is 0. The molecule has 0 aliphatic heterocycles. The van der Waals surface area contributed by atoms with E-state index in [1.54, 1.807) is 11.3 Å². The Kier molecular flexibility index (Phi) is 4.44. The van der Waals surface area contributed by atoms with Crippen LogP contribution in [0.3, 0.4) is 0 Å². The standard InChI is InChI=1S/C11H15ClN2S/c1-8(2)9(6-13)7-14(3)11-5-4-10(12)15-11/h4-5,8-9H,7H2,1-3H3. The van der Waals surface area contributed by atoms with Crippen molar-refractivity contribution in [1.82, 2.24) is 0 Å². The van der Waals surface area contributed by atoms with Gasteiger partial charge in [0.05, 0.1) is 21.3 Å². The smallest absolute Gasteiger partial charge is 0.0950 e. The molecule has 1 atom stereocenters. The van der Waals surface area contributed by atoms with Crippen LogP contribution in [-0.4, -0.2) is 13.6 Å². The molecule has 4 heteroatoms. The van der Waals surface area contributed by atoms with E-state index in [0.29, 0.717) is 5.92 Å². The Bertz CT molecular complexity index is 354. The van der Waals surface area contributed by atoms with E-state index in [0.717, 1.165) is 15.9 Å². The average molecular weight is 243 g/mol. The van der Waals surface area contributed by atoms with Crippen molar-refractivity contribution in [2.45, 2.75) is 13.8 Å². The molecule has 0 radical (unpaired) electrons. The van der Waals surface area contributed by atoms with Crippen molar-refractivity contribution in [2.75, 3.05) is 18.5 Å². The van der Waals surface area contributed by atoms with Crippen LogP contribution < -0.4 is 4.90 Å². The highest BCUT2D eigenvalue weighted by atomic mass is 35.5. The first-order valence-corrected chi connectivity index (χ1v) is 6.10. The second kappa shape index (κ2) is 5.39. The number of nitrogens with zero attached hydrogens (tertiary/aromatic N) is 2. The van der Waals surface area contributed by atoms with E-state index < -0.39 is 0 Å². The Morgan fingerprint density at radius 1 is 1.53 bits per heavy atom. The van der Waals surface area contributed by atoms with Crippen molar-refractivity contribution in [3.05, 3.63) is 16.5 Å². The van der Waals surface area contributed by atoms with Gasteiger partial charge in [0, 0.05) is 13.6 Å². The molecular weight excluding hydrogens is 228 g/mol. The maximum absolute atomic E-state index is 9.00. The quantitative estimate of drug-likeness (QED) is 0.806. The van der Waals surface area contributed by atoms with Crippen molar-refractivity contribution >= 4 is 27.9 Å². The predicted octanol–water partition coefficient (Wildman–Crippen LogP) is 3.63. The Morgan fingerprint density at radius 2 is 2.20 bits per heavy atom. The molecule has 1 heterocycles. The number of anilines is 1. The molecule has 82 valence electrons. The van der Waals surface area contributed by atoms with Gasteiger partial charge in [0.25, 0.3) is 0 Å². The molecule has 0 saturated carbocycles. The average Bonchev–Trinajstić information content (AvgIpc) is 2.60. The van der Waals surface area contributed by atoms with Crippen LogP contribution in [0.15, 0.2) is 12.1 Å². The maximum Gasteiger partial charge on any atom is 0.0950 e. The molecule has 0 amide bonds. The summed E-state index contributed by atoms with van der Waals surface area (Å²) in [5.74, 6) is 0.448. The van der Waals surface area contributed by atoms with E-state index in [9.17, 15) is 0 Å². The van der Waals surface area contributed by atoms with Gasteiger partial charge in [-0.1, -0.05) is 25.4 Å². The van der Waals surface area contributed by atoms with E-state index in [1.165, 1.54) is 0 Å². The first-order chi connectivity index (χ1) is 7.04. The molecule has 0 fully saturated rings. The number of hydrogen-bond acceptors (Lipinski definition) is 3. The SMILES string of the molecule is CC(C)C(C#N)CN(C)c1ccc(Cl)s1. The van der Waals surface area contributed by atoms with Crippen LogP contribution in [0, 0.1) is 23.2 Å². The highest BCUT2D eigenvalue weighted by Gasteiger charge is 2.15. The summed E-state index contributed by atoms with van der Waals surface area (Å²) in [7, 11) is 1.99. The summed E-state index contributed by atoms with van der Waals surface area (Å²) >= 11 is 7.41. The summed E-state index contributed by atoms with van der Waals surface area (Å²) in [5, 5.41) is 10.1. The normalized spacial score (nSPS) is 12.5. The first kappa shape index (κ1) is 12.4. The van der Waals surface area contributed by atoms with Gasteiger partial charge in [-0.15, -0.1) is 11.3 Å². The molecule has 1 unspecified atom stereocenters. The minimum Gasteiger partial charge on any atom is -0.365 e. The largest absolute Gasteiger partial charge is 0.365 e. The van der Waals surface area contributed by atoms with Gasteiger partial charge in [-0.2, -0.15) is 5.26 Å². The second-order valence-corrected chi connectivity index (χ2v) is 5.63. The summed E-state index contributed by atoms with van der Waals surface area (Å²) in [4.78, 5) is 2.09. The first-order valence-electron chi connectivity index (χ1n) is 4.90. The molecule has 15 heavy (non-hydrogen) atoms. The van der Waals surface area contributed by atoms with E-state index >= 15 is 0 Å². The number of halogens is 1. The summed E-state index contributed by atoms with van der Waals surface area (Å²) in [5.41, 5.74) is 0. The van der Waals surface area contributed by atoms with Crippen molar-refractivity contribution in [1.29, 1.82) is 5.26 Å². The van der Waals surface area contributed by atoms with Crippen molar-refractivity contribution < 1.29 is 0 Å². The van der Waals surface area contributed by atoms with Gasteiger partial charge in [0.2, 0.25) is 0 Å². The van der Waals surface area contributed by atoms with Gasteiger partial charge in [-0.25, -0.2) is 0 Å². The number of rotatable bonds is 4. The van der Waals surface area contributed by atoms with Crippen molar-refractivity contribution in [3.8, 4) is 6.07 Å². The summed E-state index contributed by atoms with van der Waals surface area (Å²) in [6.07, 6.45) is 0. The molecule has 0 N–H and O–H groups in total. The third-order valence-electron chi connectivity index (χ3n) is 2.38. The monoisotopic (exact) mass is 242 g/mol. The van der Waals surface area contributed by atoms with Crippen LogP contribution in [-0.2, 0) is 0 Å². The molecule has 0 bridgehead atoms. The molecule has 0 aromatic carbocycles. The number of thiophene rings is 1. The third-order valence-corrected chi connectivity index (χ3v) is 3.72. The van der Waals surface area contributed by atoms with Crippen LogP contribution in [0.5, 0.6) is 0 Å². The van der Waals surface area contributed by atoms with Gasteiger partial charge in [0.15, 0.2) is 0 Å². The molecular formula is C11H15ClN2S. The maximum atomic E-state index is 9.00. The molecule has 0 spiro atoms. The zero-order valence-electron chi connectivity index (χ0n) is 9.20. The lowest BCUT2D eigenvalue weighted by molar-refractivity contribution is 0.478. The van der Waals surface area contributed by atoms with Gasteiger partial charge in [-0.3, -0.25) is 0 Å². The molecule has 1 aromatic rings. The van der Waals surface area contributed by atoms with Crippen LogP contribution >= 0.6 is 22.9 Å². The Labute approximate surface area is 100 Å². The Balaban J connectivity index is 2.63. The van der Waals surface area contributed by atoms with E-state index in [-0.39, 0.29) is 5.92 Å². The van der Waals surface area contributed by atoms with Gasteiger partial charge in [0.1, 0.15) is 0 Å². The fourth-order valence-electron chi connectivity index (χ4n) is 1.30. The lowest BCUT2D eigenvalue weighted by Gasteiger charge is -2.22. The highest BCUT2D eigenvalue weighted by molar-refractivity contribution is 7.19. The Hall–Kier alpha value is -0.720. The van der Waals surface area contributed by atoms with E-state index in [2.05, 4.69) is 24.8 Å². The minimum atomic E-state index is 0.0656. The minimum absolute atomic E-state index is 0.0656. The number of nitriles is 1. The fourth-order valence-corrected chi connectivity index (χ4v) is 2.30. The summed E-state index contributed by atoms with van der Waals surface area (Å²) < 4.78 is 0.787. The topological polar surface area (TPSA) is 27.0 Å². The molecule has 0 aliphatic carbocycles. The molecule has 1 aromatic heterocycles. The van der Waals surface area contributed by atoms with Crippen LogP contribution in [0.1, 0.15) is 13.8 Å². The molecule has 1 rings (SSSR count). The van der Waals surface area contributed by atoms with Crippen LogP contribution in [0.25, 0.3) is 0 Å². The predicted molar refractivity (Wildman–Crippen MR) is 66.5 cm³/mol. The van der Waals surface area contributed by atoms with Gasteiger partial charge >= 0.3 is 0 Å².